The van der Waals surface area contributed by atoms with Crippen molar-refractivity contribution < 1.29 is 17.7 Å². The molecule has 19 heavy (non-hydrogen) atoms. The summed E-state index contributed by atoms with van der Waals surface area (Å²) in [6, 6.07) is 5.23. The fraction of sp³-hybridized carbons (Fsp3) is 0. The zero-order chi connectivity index (χ0) is 14.0. The predicted molar refractivity (Wildman–Crippen MR) is 67.3 cm³/mol. The zero-order valence-electron chi connectivity index (χ0n) is 9.33. The van der Waals surface area contributed by atoms with Gasteiger partial charge in [0.25, 0.3) is 5.91 Å². The summed E-state index contributed by atoms with van der Waals surface area (Å²) in [6.45, 7) is 0. The summed E-state index contributed by atoms with van der Waals surface area (Å²) in [6.07, 6.45) is 1.26. The van der Waals surface area contributed by atoms with Crippen LogP contribution in [-0.2, 0) is 10.0 Å². The molecule has 7 nitrogen and oxygen atoms in total. The first-order valence-corrected chi connectivity index (χ1v) is 6.84. The Hall–Kier alpha value is -1.90. The van der Waals surface area contributed by atoms with Gasteiger partial charge in [-0.1, -0.05) is 16.8 Å². The van der Waals surface area contributed by atoms with Crippen LogP contribution in [0.1, 0.15) is 10.5 Å². The van der Waals surface area contributed by atoms with Crippen LogP contribution in [0.5, 0.6) is 0 Å². The molecule has 3 N–H and O–H groups in total. The molecule has 1 amide bonds. The number of benzene rings is 1. The second kappa shape index (κ2) is 5.00. The molecule has 0 bridgehead atoms. The van der Waals surface area contributed by atoms with E-state index in [4.69, 9.17) is 16.7 Å². The number of halogens is 1. The lowest BCUT2D eigenvalue weighted by atomic mass is 10.3. The number of nitrogens with zero attached hydrogens (tertiary/aromatic N) is 1. The van der Waals surface area contributed by atoms with E-state index in [0.717, 1.165) is 0 Å². The Morgan fingerprint density at radius 3 is 2.63 bits per heavy atom. The van der Waals surface area contributed by atoms with Crippen LogP contribution >= 0.6 is 11.6 Å². The van der Waals surface area contributed by atoms with Crippen LogP contribution < -0.4 is 10.5 Å². The molecule has 0 unspecified atom stereocenters. The van der Waals surface area contributed by atoms with Crippen LogP contribution in [0.3, 0.4) is 0 Å². The molecule has 1 aromatic heterocycles. The largest absolute Gasteiger partial charge is 0.364 e. The molecule has 1 aromatic carbocycles. The van der Waals surface area contributed by atoms with Gasteiger partial charge < -0.3 is 9.84 Å². The minimum atomic E-state index is -3.89. The van der Waals surface area contributed by atoms with Crippen LogP contribution in [-0.4, -0.2) is 19.5 Å². The number of amides is 1. The summed E-state index contributed by atoms with van der Waals surface area (Å²) < 4.78 is 26.8. The summed E-state index contributed by atoms with van der Waals surface area (Å²) >= 11 is 5.78. The number of rotatable bonds is 3. The van der Waals surface area contributed by atoms with E-state index < -0.39 is 15.9 Å². The van der Waals surface area contributed by atoms with Crippen LogP contribution in [0.25, 0.3) is 0 Å². The number of nitrogens with two attached hydrogens (primary N) is 1. The highest BCUT2D eigenvalue weighted by atomic mass is 35.5. The number of aromatic nitrogens is 1. The van der Waals surface area contributed by atoms with E-state index in [-0.39, 0.29) is 15.6 Å². The summed E-state index contributed by atoms with van der Waals surface area (Å²) in [5.41, 5.74) is 0.400. The summed E-state index contributed by atoms with van der Waals surface area (Å²) in [7, 11) is -3.89. The van der Waals surface area contributed by atoms with Gasteiger partial charge in [0.05, 0.1) is 5.02 Å². The van der Waals surface area contributed by atoms with Crippen molar-refractivity contribution >= 4 is 33.2 Å². The van der Waals surface area contributed by atoms with Crippen molar-refractivity contribution in [3.8, 4) is 0 Å². The van der Waals surface area contributed by atoms with Crippen LogP contribution in [0, 0.1) is 0 Å². The first-order chi connectivity index (χ1) is 8.88. The fourth-order valence-electron chi connectivity index (χ4n) is 1.33. The van der Waals surface area contributed by atoms with Crippen molar-refractivity contribution in [1.82, 2.24) is 5.16 Å². The lowest BCUT2D eigenvalue weighted by Gasteiger charge is -2.06. The Balaban J connectivity index is 2.24. The molecule has 2 rings (SSSR count). The molecule has 2 aromatic rings. The van der Waals surface area contributed by atoms with Crippen LogP contribution in [0.2, 0.25) is 5.02 Å². The lowest BCUT2D eigenvalue weighted by Crippen LogP contribution is -2.14. The molecule has 1 heterocycles. The van der Waals surface area contributed by atoms with Gasteiger partial charge in [0.2, 0.25) is 10.0 Å². The van der Waals surface area contributed by atoms with Crippen molar-refractivity contribution in [2.75, 3.05) is 5.32 Å². The number of hydrogen-bond acceptors (Lipinski definition) is 5. The van der Waals surface area contributed by atoms with E-state index >= 15 is 0 Å². The van der Waals surface area contributed by atoms with Crippen molar-refractivity contribution in [3.63, 3.8) is 0 Å². The van der Waals surface area contributed by atoms with Gasteiger partial charge in [-0.05, 0) is 18.2 Å². The normalized spacial score (nSPS) is 11.3. The SMILES string of the molecule is NS(=O)(=O)c1ccc(NC(=O)c2ccon2)cc1Cl. The van der Waals surface area contributed by atoms with E-state index in [9.17, 15) is 13.2 Å². The molecule has 0 aliphatic carbocycles. The number of carbonyl (C=O) groups is 1. The Bertz CT molecular complexity index is 712. The maximum absolute atomic E-state index is 11.6. The van der Waals surface area contributed by atoms with E-state index in [0.29, 0.717) is 5.69 Å². The van der Waals surface area contributed by atoms with Crippen molar-refractivity contribution in [2.24, 2.45) is 5.14 Å². The fourth-order valence-corrected chi connectivity index (χ4v) is 2.43. The third kappa shape index (κ3) is 3.11. The van der Waals surface area contributed by atoms with Gasteiger partial charge in [0, 0.05) is 11.8 Å². The lowest BCUT2D eigenvalue weighted by molar-refractivity contribution is 0.101. The highest BCUT2D eigenvalue weighted by molar-refractivity contribution is 7.89. The first kappa shape index (κ1) is 13.5. The third-order valence-corrected chi connectivity index (χ3v) is 3.56. The van der Waals surface area contributed by atoms with E-state index in [1.807, 2.05) is 0 Å². The molecule has 0 saturated heterocycles. The molecule has 0 radical (unpaired) electrons. The monoisotopic (exact) mass is 301 g/mol. The topological polar surface area (TPSA) is 115 Å². The van der Waals surface area contributed by atoms with E-state index in [1.165, 1.54) is 30.5 Å². The number of nitrogens with one attached hydrogen (secondary N) is 1. The molecule has 0 aliphatic rings. The Labute approximate surface area is 113 Å². The van der Waals surface area contributed by atoms with Crippen molar-refractivity contribution in [1.29, 1.82) is 0 Å². The quantitative estimate of drug-likeness (QED) is 0.884. The van der Waals surface area contributed by atoms with E-state index in [2.05, 4.69) is 15.0 Å². The van der Waals surface area contributed by atoms with Gasteiger partial charge in [0.1, 0.15) is 11.2 Å². The number of anilines is 1. The molecule has 0 aliphatic heterocycles. The molecule has 9 heteroatoms. The average Bonchev–Trinajstić information content (AvgIpc) is 2.80. The van der Waals surface area contributed by atoms with Gasteiger partial charge in [-0.25, -0.2) is 13.6 Å². The van der Waals surface area contributed by atoms with Crippen molar-refractivity contribution in [2.45, 2.75) is 4.90 Å². The summed E-state index contributed by atoms with van der Waals surface area (Å²) in [5, 5.41) is 10.8. The number of carbonyl (C=O) groups excluding carboxylic acids is 1. The molecule has 0 spiro atoms. The van der Waals surface area contributed by atoms with Crippen LogP contribution in [0.4, 0.5) is 5.69 Å². The minimum Gasteiger partial charge on any atom is -0.364 e. The minimum absolute atomic E-state index is 0.0829. The highest BCUT2D eigenvalue weighted by Crippen LogP contribution is 2.24. The zero-order valence-corrected chi connectivity index (χ0v) is 10.9. The molecular weight excluding hydrogens is 294 g/mol. The maximum Gasteiger partial charge on any atom is 0.277 e. The smallest absolute Gasteiger partial charge is 0.277 e. The summed E-state index contributed by atoms with van der Waals surface area (Å²) in [4.78, 5) is 11.4. The van der Waals surface area contributed by atoms with Gasteiger partial charge in [-0.15, -0.1) is 0 Å². The van der Waals surface area contributed by atoms with Gasteiger partial charge in [0.15, 0.2) is 5.69 Å². The average molecular weight is 302 g/mol. The number of primary sulfonamides is 1. The Morgan fingerprint density at radius 1 is 1.37 bits per heavy atom. The number of sulfonamides is 1. The Morgan fingerprint density at radius 2 is 2.11 bits per heavy atom. The van der Waals surface area contributed by atoms with Gasteiger partial charge in [-0.2, -0.15) is 0 Å². The predicted octanol–water partition coefficient (Wildman–Crippen LogP) is 1.23. The van der Waals surface area contributed by atoms with Gasteiger partial charge in [-0.3, -0.25) is 4.79 Å². The first-order valence-electron chi connectivity index (χ1n) is 4.92. The van der Waals surface area contributed by atoms with E-state index in [1.54, 1.807) is 0 Å². The van der Waals surface area contributed by atoms with Gasteiger partial charge >= 0.3 is 0 Å². The van der Waals surface area contributed by atoms with Crippen molar-refractivity contribution in [3.05, 3.63) is 41.2 Å². The third-order valence-electron chi connectivity index (χ3n) is 2.17. The molecule has 0 saturated carbocycles. The standard InChI is InChI=1S/C10H8ClN3O4S/c11-7-5-6(1-2-9(7)19(12,16)17)13-10(15)8-3-4-18-14-8/h1-5H,(H,13,15)(H2,12,16,17). The molecule has 0 fully saturated rings. The molecule has 100 valence electrons. The molecule has 0 atom stereocenters. The summed E-state index contributed by atoms with van der Waals surface area (Å²) in [5.74, 6) is -0.506. The number of hydrogen-bond donors (Lipinski definition) is 2. The van der Waals surface area contributed by atoms with Crippen LogP contribution in [0.15, 0.2) is 39.9 Å². The highest BCUT2D eigenvalue weighted by Gasteiger charge is 2.15. The molecular formula is C10H8ClN3O4S. The maximum atomic E-state index is 11.6. The second-order valence-electron chi connectivity index (χ2n) is 3.53. The second-order valence-corrected chi connectivity index (χ2v) is 5.47. The Kier molecular flexibility index (Phi) is 3.56.